The van der Waals surface area contributed by atoms with Crippen molar-refractivity contribution in [2.24, 2.45) is 0 Å². The molecule has 0 saturated heterocycles. The Labute approximate surface area is 140 Å². The topological polar surface area (TPSA) is 9.23 Å². The third-order valence-electron chi connectivity index (χ3n) is 3.77. The van der Waals surface area contributed by atoms with E-state index in [1.165, 1.54) is 7.11 Å². The van der Waals surface area contributed by atoms with Crippen LogP contribution in [0.5, 0.6) is 5.75 Å². The Hall–Kier alpha value is -2.23. The average molecular weight is 334 g/mol. The first kappa shape index (κ1) is 18.1. The molecule has 2 aromatic carbocycles. The summed E-state index contributed by atoms with van der Waals surface area (Å²) in [5.74, 6) is 0.605. The van der Waals surface area contributed by atoms with Gasteiger partial charge in [-0.25, -0.2) is 0 Å². The van der Waals surface area contributed by atoms with Gasteiger partial charge in [-0.15, -0.1) is 0 Å². The van der Waals surface area contributed by atoms with Gasteiger partial charge in [-0.2, -0.15) is 13.2 Å². The zero-order valence-electron chi connectivity index (χ0n) is 14.2. The van der Waals surface area contributed by atoms with E-state index in [0.717, 1.165) is 5.56 Å². The van der Waals surface area contributed by atoms with Crippen molar-refractivity contribution in [3.8, 4) is 5.75 Å². The summed E-state index contributed by atoms with van der Waals surface area (Å²) in [6.45, 7) is 6.20. The SMILES string of the molecule is COc1ccc(/C(=C\C(F)(F)F)c2ccc(C(C)(C)C)cc2)cc1. The quantitative estimate of drug-likeness (QED) is 0.670. The van der Waals surface area contributed by atoms with Crippen LogP contribution < -0.4 is 4.74 Å². The van der Waals surface area contributed by atoms with Gasteiger partial charge in [-0.05, 0) is 39.8 Å². The van der Waals surface area contributed by atoms with Gasteiger partial charge in [0.1, 0.15) is 5.75 Å². The lowest BCUT2D eigenvalue weighted by Crippen LogP contribution is -2.11. The monoisotopic (exact) mass is 334 g/mol. The number of hydrogen-bond acceptors (Lipinski definition) is 1. The molecule has 0 fully saturated rings. The molecule has 24 heavy (non-hydrogen) atoms. The summed E-state index contributed by atoms with van der Waals surface area (Å²) in [4.78, 5) is 0. The Morgan fingerprint density at radius 2 is 1.29 bits per heavy atom. The van der Waals surface area contributed by atoms with Crippen molar-refractivity contribution in [2.75, 3.05) is 7.11 Å². The fourth-order valence-corrected chi connectivity index (χ4v) is 2.42. The van der Waals surface area contributed by atoms with Crippen molar-refractivity contribution in [3.05, 3.63) is 71.3 Å². The molecular formula is C20H21F3O. The highest BCUT2D eigenvalue weighted by atomic mass is 19.4. The number of benzene rings is 2. The van der Waals surface area contributed by atoms with E-state index in [4.69, 9.17) is 4.74 Å². The highest BCUT2D eigenvalue weighted by molar-refractivity contribution is 5.80. The number of rotatable bonds is 3. The molecule has 0 radical (unpaired) electrons. The van der Waals surface area contributed by atoms with Gasteiger partial charge in [0, 0.05) is 6.08 Å². The summed E-state index contributed by atoms with van der Waals surface area (Å²) in [7, 11) is 1.52. The van der Waals surface area contributed by atoms with Gasteiger partial charge in [0.2, 0.25) is 0 Å². The van der Waals surface area contributed by atoms with Gasteiger partial charge in [0.15, 0.2) is 0 Å². The molecule has 0 amide bonds. The number of alkyl halides is 3. The minimum Gasteiger partial charge on any atom is -0.497 e. The molecule has 0 bridgehead atoms. The van der Waals surface area contributed by atoms with E-state index in [0.29, 0.717) is 23.0 Å². The summed E-state index contributed by atoms with van der Waals surface area (Å²) in [5, 5.41) is 0. The third kappa shape index (κ3) is 4.63. The van der Waals surface area contributed by atoms with Crippen LogP contribution in [-0.2, 0) is 5.41 Å². The van der Waals surface area contributed by atoms with Crippen molar-refractivity contribution in [3.63, 3.8) is 0 Å². The van der Waals surface area contributed by atoms with Crippen LogP contribution in [-0.4, -0.2) is 13.3 Å². The predicted octanol–water partition coefficient (Wildman–Crippen LogP) is 5.99. The average Bonchev–Trinajstić information content (AvgIpc) is 2.51. The fraction of sp³-hybridized carbons (Fsp3) is 0.300. The first-order valence-corrected chi connectivity index (χ1v) is 7.65. The lowest BCUT2D eigenvalue weighted by atomic mass is 9.85. The van der Waals surface area contributed by atoms with Crippen molar-refractivity contribution in [1.29, 1.82) is 0 Å². The minimum absolute atomic E-state index is 0.0491. The molecule has 1 nitrogen and oxygen atoms in total. The van der Waals surface area contributed by atoms with Crippen LogP contribution in [0.3, 0.4) is 0 Å². The molecule has 0 aromatic heterocycles. The summed E-state index contributed by atoms with van der Waals surface area (Å²) in [6, 6.07) is 13.8. The second-order valence-electron chi connectivity index (χ2n) is 6.66. The number of halogens is 3. The molecule has 0 unspecified atom stereocenters. The van der Waals surface area contributed by atoms with Crippen molar-refractivity contribution >= 4 is 5.57 Å². The van der Waals surface area contributed by atoms with Crippen LogP contribution in [0, 0.1) is 0 Å². The van der Waals surface area contributed by atoms with E-state index < -0.39 is 6.18 Å². The smallest absolute Gasteiger partial charge is 0.410 e. The molecule has 0 saturated carbocycles. The minimum atomic E-state index is -4.39. The predicted molar refractivity (Wildman–Crippen MR) is 91.3 cm³/mol. The van der Waals surface area contributed by atoms with E-state index in [-0.39, 0.29) is 11.0 Å². The number of ether oxygens (including phenoxy) is 1. The molecule has 4 heteroatoms. The Bertz CT molecular complexity index is 703. The normalized spacial score (nSPS) is 13.0. The zero-order chi connectivity index (χ0) is 18.0. The summed E-state index contributed by atoms with van der Waals surface area (Å²) in [6.07, 6.45) is -4.04. The summed E-state index contributed by atoms with van der Waals surface area (Å²) in [5.41, 5.74) is 2.20. The highest BCUT2D eigenvalue weighted by Crippen LogP contribution is 2.32. The fourth-order valence-electron chi connectivity index (χ4n) is 2.42. The number of hydrogen-bond donors (Lipinski definition) is 0. The lowest BCUT2D eigenvalue weighted by molar-refractivity contribution is -0.0793. The van der Waals surface area contributed by atoms with Crippen molar-refractivity contribution < 1.29 is 17.9 Å². The van der Waals surface area contributed by atoms with Crippen molar-refractivity contribution in [1.82, 2.24) is 0 Å². The van der Waals surface area contributed by atoms with Crippen LogP contribution in [0.25, 0.3) is 5.57 Å². The first-order valence-electron chi connectivity index (χ1n) is 7.65. The van der Waals surface area contributed by atoms with Crippen LogP contribution in [0.1, 0.15) is 37.5 Å². The van der Waals surface area contributed by atoms with E-state index in [9.17, 15) is 13.2 Å². The maximum absolute atomic E-state index is 13.0. The molecule has 2 aromatic rings. The lowest BCUT2D eigenvalue weighted by Gasteiger charge is -2.20. The zero-order valence-corrected chi connectivity index (χ0v) is 14.2. The first-order chi connectivity index (χ1) is 11.1. The molecule has 0 spiro atoms. The summed E-state index contributed by atoms with van der Waals surface area (Å²) >= 11 is 0. The van der Waals surface area contributed by atoms with Gasteiger partial charge < -0.3 is 4.74 Å². The molecule has 128 valence electrons. The molecule has 0 aliphatic rings. The molecular weight excluding hydrogens is 313 g/mol. The molecule has 0 aliphatic carbocycles. The standard InChI is InChI=1S/C20H21F3O/c1-19(2,3)16-9-5-14(6-10-16)18(13-20(21,22)23)15-7-11-17(24-4)12-8-15/h5-13H,1-4H3/b18-13-. The van der Waals surface area contributed by atoms with Gasteiger partial charge in [-0.1, -0.05) is 57.2 Å². The van der Waals surface area contributed by atoms with Crippen LogP contribution in [0.15, 0.2) is 54.6 Å². The Morgan fingerprint density at radius 3 is 1.67 bits per heavy atom. The van der Waals surface area contributed by atoms with E-state index in [1.807, 2.05) is 12.1 Å². The van der Waals surface area contributed by atoms with E-state index in [2.05, 4.69) is 20.8 Å². The van der Waals surface area contributed by atoms with E-state index >= 15 is 0 Å². The van der Waals surface area contributed by atoms with Gasteiger partial charge in [-0.3, -0.25) is 0 Å². The number of methoxy groups -OCH3 is 1. The second kappa shape index (κ2) is 6.71. The molecule has 0 aliphatic heterocycles. The highest BCUT2D eigenvalue weighted by Gasteiger charge is 2.26. The van der Waals surface area contributed by atoms with E-state index in [1.54, 1.807) is 36.4 Å². The Morgan fingerprint density at radius 1 is 0.833 bits per heavy atom. The third-order valence-corrected chi connectivity index (χ3v) is 3.77. The molecule has 0 heterocycles. The molecule has 2 rings (SSSR count). The van der Waals surface area contributed by atoms with Gasteiger partial charge in [0.05, 0.1) is 7.11 Å². The van der Waals surface area contributed by atoms with Crippen molar-refractivity contribution in [2.45, 2.75) is 32.4 Å². The van der Waals surface area contributed by atoms with Crippen LogP contribution in [0.4, 0.5) is 13.2 Å². The summed E-state index contributed by atoms with van der Waals surface area (Å²) < 4.78 is 44.0. The number of allylic oxidation sites excluding steroid dienone is 1. The van der Waals surface area contributed by atoms with Gasteiger partial charge >= 0.3 is 6.18 Å². The Balaban J connectivity index is 2.49. The molecule has 0 N–H and O–H groups in total. The maximum atomic E-state index is 13.0. The van der Waals surface area contributed by atoms with Crippen LogP contribution >= 0.6 is 0 Å². The van der Waals surface area contributed by atoms with Gasteiger partial charge in [0.25, 0.3) is 0 Å². The largest absolute Gasteiger partial charge is 0.497 e. The molecule has 0 atom stereocenters. The maximum Gasteiger partial charge on any atom is 0.410 e. The second-order valence-corrected chi connectivity index (χ2v) is 6.66. The Kier molecular flexibility index (Phi) is 5.07. The van der Waals surface area contributed by atoms with Crippen LogP contribution in [0.2, 0.25) is 0 Å².